The van der Waals surface area contributed by atoms with Crippen molar-refractivity contribution in [2.24, 2.45) is 0 Å². The smallest absolute Gasteiger partial charge is 0.361 e. The fourth-order valence-electron chi connectivity index (χ4n) is 7.04. The second-order valence-electron chi connectivity index (χ2n) is 18.5. The van der Waals surface area contributed by atoms with Gasteiger partial charge in [0.05, 0.1) is 34.4 Å². The van der Waals surface area contributed by atoms with Crippen molar-refractivity contribution in [3.63, 3.8) is 0 Å². The molecule has 0 saturated carbocycles. The molecule has 0 aromatic rings. The first-order valence-electron chi connectivity index (χ1n) is 26.0. The van der Waals surface area contributed by atoms with Gasteiger partial charge < -0.3 is 28.5 Å². The summed E-state index contributed by atoms with van der Waals surface area (Å²) in [6.07, 6.45) is 54.2. The van der Waals surface area contributed by atoms with Gasteiger partial charge in [0.15, 0.2) is 6.10 Å². The molecular weight excluding hydrogens is 803 g/mol. The average molecular weight is 901 g/mol. The number of carbonyl (C=O) groups is 3. The van der Waals surface area contributed by atoms with Gasteiger partial charge in [0, 0.05) is 12.8 Å². The molecule has 0 rings (SSSR count). The molecule has 370 valence electrons. The molecule has 0 spiro atoms. The Morgan fingerprint density at radius 1 is 0.484 bits per heavy atom. The van der Waals surface area contributed by atoms with E-state index in [0.717, 1.165) is 77.0 Å². The topological polar surface area (TPSA) is 108 Å². The summed E-state index contributed by atoms with van der Waals surface area (Å²) in [5.41, 5.74) is 0. The Hall–Kier alpha value is -3.01. The zero-order valence-electron chi connectivity index (χ0n) is 41.9. The molecule has 0 saturated heterocycles. The minimum atomic E-state index is -1.51. The van der Waals surface area contributed by atoms with Gasteiger partial charge in [0.2, 0.25) is 0 Å². The number of likely N-dealkylation sites (N-methyl/N-ethyl adjacent to an activating group) is 1. The van der Waals surface area contributed by atoms with E-state index >= 15 is 0 Å². The van der Waals surface area contributed by atoms with E-state index < -0.39 is 24.3 Å². The third kappa shape index (κ3) is 47.0. The fourth-order valence-corrected chi connectivity index (χ4v) is 7.04. The Morgan fingerprint density at radius 3 is 1.33 bits per heavy atom. The molecule has 2 atom stereocenters. The van der Waals surface area contributed by atoms with Gasteiger partial charge in [-0.3, -0.25) is 9.59 Å². The summed E-state index contributed by atoms with van der Waals surface area (Å²) in [7, 11) is 5.96. The van der Waals surface area contributed by atoms with Gasteiger partial charge in [0.1, 0.15) is 13.2 Å². The van der Waals surface area contributed by atoms with Crippen LogP contribution in [-0.4, -0.2) is 87.4 Å². The van der Waals surface area contributed by atoms with Crippen LogP contribution in [-0.2, 0) is 33.3 Å². The van der Waals surface area contributed by atoms with Gasteiger partial charge in [-0.2, -0.15) is 0 Å². The van der Waals surface area contributed by atoms with E-state index in [2.05, 4.69) is 74.6 Å². The van der Waals surface area contributed by atoms with Crippen LogP contribution >= 0.6 is 0 Å². The zero-order valence-corrected chi connectivity index (χ0v) is 41.9. The van der Waals surface area contributed by atoms with Crippen LogP contribution in [0.2, 0.25) is 0 Å². The third-order valence-electron chi connectivity index (χ3n) is 11.0. The third-order valence-corrected chi connectivity index (χ3v) is 11.0. The molecule has 0 radical (unpaired) electrons. The molecule has 0 aromatic carbocycles. The van der Waals surface area contributed by atoms with Crippen LogP contribution < -0.4 is 0 Å². The van der Waals surface area contributed by atoms with Gasteiger partial charge in [0.25, 0.3) is 6.29 Å². The Balaban J connectivity index is 4.31. The number of unbranched alkanes of at least 4 members (excludes halogenated alkanes) is 22. The highest BCUT2D eigenvalue weighted by Crippen LogP contribution is 2.15. The minimum absolute atomic E-state index is 0.184. The highest BCUT2D eigenvalue weighted by Gasteiger charge is 2.25. The Bertz CT molecular complexity index is 1230. The van der Waals surface area contributed by atoms with Crippen molar-refractivity contribution in [2.45, 2.75) is 225 Å². The van der Waals surface area contributed by atoms with E-state index in [9.17, 15) is 19.5 Å². The first-order valence-corrected chi connectivity index (χ1v) is 26.0. The molecule has 0 heterocycles. The van der Waals surface area contributed by atoms with Crippen LogP contribution in [0, 0.1) is 0 Å². The number of rotatable bonds is 47. The van der Waals surface area contributed by atoms with Crippen LogP contribution in [0.25, 0.3) is 0 Å². The van der Waals surface area contributed by atoms with E-state index in [4.69, 9.17) is 18.9 Å². The summed E-state index contributed by atoms with van der Waals surface area (Å²) >= 11 is 0. The predicted octanol–water partition coefficient (Wildman–Crippen LogP) is 14.5. The van der Waals surface area contributed by atoms with Crippen molar-refractivity contribution in [1.82, 2.24) is 0 Å². The quantitative estimate of drug-likeness (QED) is 0.0211. The molecule has 2 unspecified atom stereocenters. The minimum Gasteiger partial charge on any atom is -0.477 e. The molecular formula is C55H98NO8+. The Labute approximate surface area is 393 Å². The largest absolute Gasteiger partial charge is 0.477 e. The number of carboxylic acids is 1. The van der Waals surface area contributed by atoms with Crippen LogP contribution in [0.3, 0.4) is 0 Å². The summed E-state index contributed by atoms with van der Waals surface area (Å²) in [5, 5.41) is 9.67. The summed E-state index contributed by atoms with van der Waals surface area (Å²) in [5.74, 6) is -2.01. The lowest BCUT2D eigenvalue weighted by atomic mass is 10.0. The van der Waals surface area contributed by atoms with Crippen molar-refractivity contribution in [3.05, 3.63) is 60.8 Å². The number of allylic oxidation sites excluding steroid dienone is 10. The van der Waals surface area contributed by atoms with Gasteiger partial charge in [-0.25, -0.2) is 4.79 Å². The van der Waals surface area contributed by atoms with Gasteiger partial charge >= 0.3 is 17.9 Å². The van der Waals surface area contributed by atoms with Crippen LogP contribution in [0.15, 0.2) is 60.8 Å². The first kappa shape index (κ1) is 61.0. The van der Waals surface area contributed by atoms with Gasteiger partial charge in [-0.15, -0.1) is 0 Å². The molecule has 0 aromatic heterocycles. The van der Waals surface area contributed by atoms with Crippen molar-refractivity contribution in [2.75, 3.05) is 47.5 Å². The standard InChI is InChI=1S/C55H97NO8/c1-6-8-10-12-14-16-18-20-22-23-24-25-26-27-28-29-30-31-32-34-36-38-40-42-44-46-53(58)64-51(50-63-55(54(59)60)61-48-47-56(3,4)5)49-62-52(57)45-43-41-39-37-35-33-21-19-17-15-13-11-9-7-2/h8,10,14,16,20,22,24-25,27-28,51,55H,6-7,9,11-13,15,17-19,21,23,26,29-50H2,1-5H3/p+1/b10-8-,16-14-,22-20-,25-24-,28-27-. The summed E-state index contributed by atoms with van der Waals surface area (Å²) < 4.78 is 22.8. The number of esters is 2. The van der Waals surface area contributed by atoms with Crippen molar-refractivity contribution in [3.8, 4) is 0 Å². The number of carboxylic acid groups (broad SMARTS) is 1. The van der Waals surface area contributed by atoms with E-state index in [1.165, 1.54) is 103 Å². The zero-order chi connectivity index (χ0) is 47.0. The monoisotopic (exact) mass is 901 g/mol. The molecule has 0 aliphatic carbocycles. The van der Waals surface area contributed by atoms with Crippen LogP contribution in [0.1, 0.15) is 213 Å². The van der Waals surface area contributed by atoms with E-state index in [1.54, 1.807) is 0 Å². The average Bonchev–Trinajstić information content (AvgIpc) is 3.26. The highest BCUT2D eigenvalue weighted by atomic mass is 16.7. The maximum Gasteiger partial charge on any atom is 0.361 e. The molecule has 64 heavy (non-hydrogen) atoms. The molecule has 0 aliphatic rings. The lowest BCUT2D eigenvalue weighted by Gasteiger charge is -2.25. The fraction of sp³-hybridized carbons (Fsp3) is 0.764. The maximum atomic E-state index is 12.8. The molecule has 1 N–H and O–H groups in total. The van der Waals surface area contributed by atoms with Crippen molar-refractivity contribution >= 4 is 17.9 Å². The summed E-state index contributed by atoms with van der Waals surface area (Å²) in [6, 6.07) is 0. The number of carbonyl (C=O) groups excluding carboxylic acids is 2. The van der Waals surface area contributed by atoms with Crippen molar-refractivity contribution < 1.29 is 42.9 Å². The Kier molecular flexibility index (Phi) is 44.3. The van der Waals surface area contributed by atoms with Crippen molar-refractivity contribution in [1.29, 1.82) is 0 Å². The van der Waals surface area contributed by atoms with Gasteiger partial charge in [-0.05, 0) is 57.8 Å². The molecule has 9 nitrogen and oxygen atoms in total. The number of ether oxygens (including phenoxy) is 4. The molecule has 9 heteroatoms. The second kappa shape index (κ2) is 46.5. The Morgan fingerprint density at radius 2 is 0.891 bits per heavy atom. The number of quaternary nitrogens is 1. The highest BCUT2D eigenvalue weighted by molar-refractivity contribution is 5.71. The van der Waals surface area contributed by atoms with Crippen LogP contribution in [0.5, 0.6) is 0 Å². The van der Waals surface area contributed by atoms with E-state index in [0.29, 0.717) is 23.9 Å². The molecule has 0 amide bonds. The van der Waals surface area contributed by atoms with E-state index in [1.807, 2.05) is 21.1 Å². The predicted molar refractivity (Wildman–Crippen MR) is 267 cm³/mol. The lowest BCUT2D eigenvalue weighted by molar-refractivity contribution is -0.870. The summed E-state index contributed by atoms with van der Waals surface area (Å²) in [6.45, 7) is 4.76. The van der Waals surface area contributed by atoms with Crippen LogP contribution in [0.4, 0.5) is 0 Å². The van der Waals surface area contributed by atoms with Gasteiger partial charge in [-0.1, -0.05) is 203 Å². The van der Waals surface area contributed by atoms with E-state index in [-0.39, 0.29) is 32.2 Å². The SMILES string of the molecule is CC/C=C\C/C=C\C/C=C\C/C=C\C/C=C\CCCCCCCCCCCC(=O)OC(COC(=O)CCCCCCCCCCCCCCCC)COC(OCC[N+](C)(C)C)C(=O)O. The maximum absolute atomic E-state index is 12.8. The number of hydrogen-bond acceptors (Lipinski definition) is 7. The number of nitrogens with zero attached hydrogens (tertiary/aromatic N) is 1. The number of aliphatic carboxylic acids is 1. The second-order valence-corrected chi connectivity index (χ2v) is 18.5. The lowest BCUT2D eigenvalue weighted by Crippen LogP contribution is -2.40. The normalized spacial score (nSPS) is 13.3. The summed E-state index contributed by atoms with van der Waals surface area (Å²) in [4.78, 5) is 37.3. The number of hydrogen-bond donors (Lipinski definition) is 1. The molecule has 0 bridgehead atoms. The molecule has 0 aliphatic heterocycles. The molecule has 0 fully saturated rings. The first-order chi connectivity index (χ1) is 31.1.